The molecule has 1 N–H and O–H groups in total. The number of hydrogen-bond acceptors (Lipinski definition) is 3. The Kier molecular flexibility index (Phi) is 6.23. The average Bonchev–Trinajstić information content (AvgIpc) is 2.57. The van der Waals surface area contributed by atoms with E-state index >= 15 is 0 Å². The van der Waals surface area contributed by atoms with Gasteiger partial charge in [0.15, 0.2) is 0 Å². The van der Waals surface area contributed by atoms with Crippen molar-refractivity contribution in [2.24, 2.45) is 0 Å². The summed E-state index contributed by atoms with van der Waals surface area (Å²) in [7, 11) is 0. The van der Waals surface area contributed by atoms with E-state index < -0.39 is 5.97 Å². The Morgan fingerprint density at radius 3 is 2.48 bits per heavy atom. The Morgan fingerprint density at radius 2 is 1.76 bits per heavy atom. The van der Waals surface area contributed by atoms with E-state index in [9.17, 15) is 4.79 Å². The molecule has 4 heteroatoms. The third-order valence-corrected chi connectivity index (χ3v) is 3.58. The van der Waals surface area contributed by atoms with Gasteiger partial charge in [0.2, 0.25) is 0 Å². The van der Waals surface area contributed by atoms with E-state index in [0.29, 0.717) is 19.0 Å². The molecule has 0 fully saturated rings. The summed E-state index contributed by atoms with van der Waals surface area (Å²) in [5, 5.41) is 8.67. The van der Waals surface area contributed by atoms with Gasteiger partial charge in [-0.2, -0.15) is 0 Å². The van der Waals surface area contributed by atoms with Crippen molar-refractivity contribution < 1.29 is 19.4 Å². The standard InChI is InChI=1S/C21H24O4/c1-21(2,3)18-9-4-5-10-19(18)25-14-13-24-17-8-6-7-16(15-17)11-12-20(22)23/h4-12,15H,13-14H2,1-3H3,(H,22,23). The molecule has 25 heavy (non-hydrogen) atoms. The topological polar surface area (TPSA) is 55.8 Å². The Labute approximate surface area is 148 Å². The molecular formula is C21H24O4. The summed E-state index contributed by atoms with van der Waals surface area (Å²) >= 11 is 0. The van der Waals surface area contributed by atoms with Crippen molar-refractivity contribution >= 4 is 12.0 Å². The van der Waals surface area contributed by atoms with Crippen molar-refractivity contribution in [3.8, 4) is 11.5 Å². The fourth-order valence-electron chi connectivity index (χ4n) is 2.40. The molecule has 0 aliphatic heterocycles. The number of carboxylic acid groups (broad SMARTS) is 1. The molecule has 0 heterocycles. The van der Waals surface area contributed by atoms with Crippen molar-refractivity contribution in [2.45, 2.75) is 26.2 Å². The zero-order valence-electron chi connectivity index (χ0n) is 14.9. The maximum atomic E-state index is 10.6. The minimum absolute atomic E-state index is 0.0161. The molecule has 0 spiro atoms. The van der Waals surface area contributed by atoms with Crippen LogP contribution in [0.2, 0.25) is 0 Å². The molecule has 0 saturated heterocycles. The van der Waals surface area contributed by atoms with Crippen LogP contribution in [-0.4, -0.2) is 24.3 Å². The molecule has 0 unspecified atom stereocenters. The normalized spacial score (nSPS) is 11.5. The average molecular weight is 340 g/mol. The third-order valence-electron chi connectivity index (χ3n) is 3.58. The predicted molar refractivity (Wildman–Crippen MR) is 99.2 cm³/mol. The molecule has 2 aromatic carbocycles. The van der Waals surface area contributed by atoms with Crippen LogP contribution in [0.3, 0.4) is 0 Å². The van der Waals surface area contributed by atoms with Crippen LogP contribution in [-0.2, 0) is 10.2 Å². The van der Waals surface area contributed by atoms with Gasteiger partial charge in [-0.15, -0.1) is 0 Å². The number of carboxylic acids is 1. The first-order valence-electron chi connectivity index (χ1n) is 8.22. The summed E-state index contributed by atoms with van der Waals surface area (Å²) in [6.07, 6.45) is 2.64. The van der Waals surface area contributed by atoms with Gasteiger partial charge in [-0.1, -0.05) is 51.1 Å². The molecule has 0 atom stereocenters. The first kappa shape index (κ1) is 18.6. The maximum absolute atomic E-state index is 10.6. The van der Waals surface area contributed by atoms with E-state index in [4.69, 9.17) is 14.6 Å². The SMILES string of the molecule is CC(C)(C)c1ccccc1OCCOc1cccc(C=CC(=O)O)c1. The van der Waals surface area contributed by atoms with Gasteiger partial charge in [0.05, 0.1) is 0 Å². The number of hydrogen-bond donors (Lipinski definition) is 1. The number of aliphatic carboxylic acids is 1. The lowest BCUT2D eigenvalue weighted by Crippen LogP contribution is -2.15. The summed E-state index contributed by atoms with van der Waals surface area (Å²) in [4.78, 5) is 10.6. The summed E-state index contributed by atoms with van der Waals surface area (Å²) < 4.78 is 11.6. The highest BCUT2D eigenvalue weighted by molar-refractivity contribution is 5.85. The van der Waals surface area contributed by atoms with E-state index in [0.717, 1.165) is 23.0 Å². The van der Waals surface area contributed by atoms with E-state index in [1.54, 1.807) is 6.07 Å². The van der Waals surface area contributed by atoms with Crippen molar-refractivity contribution in [3.05, 3.63) is 65.7 Å². The Balaban J connectivity index is 1.90. The zero-order chi connectivity index (χ0) is 18.3. The fourth-order valence-corrected chi connectivity index (χ4v) is 2.40. The van der Waals surface area contributed by atoms with Crippen LogP contribution in [0.4, 0.5) is 0 Å². The number of para-hydroxylation sites is 1. The lowest BCUT2D eigenvalue weighted by atomic mass is 9.86. The second-order valence-electron chi connectivity index (χ2n) is 6.69. The molecular weight excluding hydrogens is 316 g/mol. The molecule has 132 valence electrons. The van der Waals surface area contributed by atoms with Crippen LogP contribution in [0.1, 0.15) is 31.9 Å². The Bertz CT molecular complexity index is 742. The van der Waals surface area contributed by atoms with Crippen molar-refractivity contribution in [3.63, 3.8) is 0 Å². The number of rotatable bonds is 7. The molecule has 0 amide bonds. The summed E-state index contributed by atoms with van der Waals surface area (Å²) in [5.41, 5.74) is 1.96. The molecule has 0 aliphatic rings. The van der Waals surface area contributed by atoms with Crippen LogP contribution in [0.15, 0.2) is 54.6 Å². The third kappa shape index (κ3) is 5.99. The van der Waals surface area contributed by atoms with Crippen molar-refractivity contribution in [1.29, 1.82) is 0 Å². The first-order valence-corrected chi connectivity index (χ1v) is 8.22. The van der Waals surface area contributed by atoms with Crippen LogP contribution < -0.4 is 9.47 Å². The lowest BCUT2D eigenvalue weighted by Gasteiger charge is -2.22. The van der Waals surface area contributed by atoms with Gasteiger partial charge < -0.3 is 14.6 Å². The van der Waals surface area contributed by atoms with E-state index in [2.05, 4.69) is 26.8 Å². The molecule has 0 saturated carbocycles. The number of carbonyl (C=O) groups is 1. The fraction of sp³-hybridized carbons (Fsp3) is 0.286. The summed E-state index contributed by atoms with van der Waals surface area (Å²) in [6.45, 7) is 7.30. The van der Waals surface area contributed by atoms with Gasteiger partial charge >= 0.3 is 5.97 Å². The lowest BCUT2D eigenvalue weighted by molar-refractivity contribution is -0.131. The first-order chi connectivity index (χ1) is 11.9. The number of benzene rings is 2. The highest BCUT2D eigenvalue weighted by atomic mass is 16.5. The highest BCUT2D eigenvalue weighted by Gasteiger charge is 2.18. The number of ether oxygens (including phenoxy) is 2. The van der Waals surface area contributed by atoms with Gasteiger partial charge in [-0.25, -0.2) is 4.79 Å². The minimum atomic E-state index is -0.975. The second-order valence-corrected chi connectivity index (χ2v) is 6.69. The molecule has 4 nitrogen and oxygen atoms in total. The van der Waals surface area contributed by atoms with Crippen LogP contribution in [0, 0.1) is 0 Å². The smallest absolute Gasteiger partial charge is 0.328 e. The highest BCUT2D eigenvalue weighted by Crippen LogP contribution is 2.30. The maximum Gasteiger partial charge on any atom is 0.328 e. The largest absolute Gasteiger partial charge is 0.490 e. The van der Waals surface area contributed by atoms with Crippen molar-refractivity contribution in [1.82, 2.24) is 0 Å². The Hall–Kier alpha value is -2.75. The molecule has 2 aromatic rings. The monoisotopic (exact) mass is 340 g/mol. The van der Waals surface area contributed by atoms with Crippen molar-refractivity contribution in [2.75, 3.05) is 13.2 Å². The predicted octanol–water partition coefficient (Wildman–Crippen LogP) is 4.54. The van der Waals surface area contributed by atoms with Crippen LogP contribution >= 0.6 is 0 Å². The molecule has 0 bridgehead atoms. The van der Waals surface area contributed by atoms with E-state index in [-0.39, 0.29) is 5.41 Å². The van der Waals surface area contributed by atoms with Gasteiger partial charge in [0, 0.05) is 6.08 Å². The molecule has 0 aromatic heterocycles. The molecule has 0 radical (unpaired) electrons. The summed E-state index contributed by atoms with van der Waals surface area (Å²) in [5.74, 6) is 0.578. The zero-order valence-corrected chi connectivity index (χ0v) is 14.9. The quantitative estimate of drug-likeness (QED) is 0.594. The minimum Gasteiger partial charge on any atom is -0.490 e. The van der Waals surface area contributed by atoms with Gasteiger partial charge in [-0.05, 0) is 40.8 Å². The molecule has 2 rings (SSSR count). The summed E-state index contributed by atoms with van der Waals surface area (Å²) in [6, 6.07) is 15.3. The van der Waals surface area contributed by atoms with Crippen LogP contribution in [0.5, 0.6) is 11.5 Å². The molecule has 0 aliphatic carbocycles. The van der Waals surface area contributed by atoms with Crippen LogP contribution in [0.25, 0.3) is 6.08 Å². The Morgan fingerprint density at radius 1 is 1.04 bits per heavy atom. The van der Waals surface area contributed by atoms with Gasteiger partial charge in [-0.3, -0.25) is 0 Å². The second kappa shape index (κ2) is 8.38. The van der Waals surface area contributed by atoms with E-state index in [1.165, 1.54) is 6.08 Å². The van der Waals surface area contributed by atoms with Gasteiger partial charge in [0.25, 0.3) is 0 Å². The van der Waals surface area contributed by atoms with E-state index in [1.807, 2.05) is 36.4 Å². The van der Waals surface area contributed by atoms with Gasteiger partial charge in [0.1, 0.15) is 24.7 Å².